The van der Waals surface area contributed by atoms with Gasteiger partial charge in [-0.3, -0.25) is 0 Å². The van der Waals surface area contributed by atoms with Crippen LogP contribution in [0.5, 0.6) is 0 Å². The van der Waals surface area contributed by atoms with E-state index < -0.39 is 0 Å². The van der Waals surface area contributed by atoms with Gasteiger partial charge in [-0.25, -0.2) is 0 Å². The predicted molar refractivity (Wildman–Crippen MR) is 102 cm³/mol. The van der Waals surface area contributed by atoms with Crippen molar-refractivity contribution in [3.8, 4) is 10.6 Å². The summed E-state index contributed by atoms with van der Waals surface area (Å²) in [5.41, 5.74) is 2.22. The zero-order valence-electron chi connectivity index (χ0n) is 13.1. The van der Waals surface area contributed by atoms with Crippen LogP contribution in [0, 0.1) is 0 Å². The fourth-order valence-corrected chi connectivity index (χ4v) is 4.48. The molecule has 0 spiro atoms. The zero-order chi connectivity index (χ0) is 16.6. The maximum Gasteiger partial charge on any atom is 0.235 e. The van der Waals surface area contributed by atoms with E-state index in [-0.39, 0.29) is 0 Å². The number of aromatic amines is 1. The van der Waals surface area contributed by atoms with Crippen molar-refractivity contribution in [2.24, 2.45) is 0 Å². The Bertz CT molecular complexity index is 1160. The third kappa shape index (κ3) is 2.61. The Morgan fingerprint density at radius 2 is 1.84 bits per heavy atom. The maximum atomic E-state index is 4.75. The molecule has 2 aromatic carbocycles. The Morgan fingerprint density at radius 3 is 2.76 bits per heavy atom. The Balaban J connectivity index is 1.49. The first kappa shape index (κ1) is 14.7. The van der Waals surface area contributed by atoms with Gasteiger partial charge in [0, 0.05) is 27.6 Å². The number of fused-ring (bicyclic) bond motifs is 2. The van der Waals surface area contributed by atoms with Crippen molar-refractivity contribution < 1.29 is 0 Å². The van der Waals surface area contributed by atoms with E-state index in [1.165, 1.54) is 10.3 Å². The molecule has 0 radical (unpaired) electrons. The molecule has 0 saturated heterocycles. The van der Waals surface area contributed by atoms with Gasteiger partial charge < -0.3 is 4.98 Å². The molecule has 7 heteroatoms. The number of aromatic nitrogens is 5. The molecule has 3 aromatic heterocycles. The summed E-state index contributed by atoms with van der Waals surface area (Å²) in [7, 11) is 0. The van der Waals surface area contributed by atoms with Crippen molar-refractivity contribution in [2.45, 2.75) is 10.6 Å². The predicted octanol–water partition coefficient (Wildman–Crippen LogP) is 4.63. The molecule has 0 bridgehead atoms. The monoisotopic (exact) mass is 363 g/mol. The quantitative estimate of drug-likeness (QED) is 0.473. The number of nitrogens with zero attached hydrogens (tertiary/aromatic N) is 4. The average molecular weight is 363 g/mol. The van der Waals surface area contributed by atoms with Gasteiger partial charge in [-0.15, -0.1) is 22.0 Å². The lowest BCUT2D eigenvalue weighted by molar-refractivity contribution is 0.888. The highest BCUT2D eigenvalue weighted by Gasteiger charge is 2.15. The molecule has 0 atom stereocenters. The number of hydrogen-bond donors (Lipinski definition) is 1. The second-order valence-electron chi connectivity index (χ2n) is 5.57. The molecular weight excluding hydrogens is 350 g/mol. The van der Waals surface area contributed by atoms with E-state index in [1.54, 1.807) is 23.1 Å². The van der Waals surface area contributed by atoms with Gasteiger partial charge in [0.15, 0.2) is 5.82 Å². The number of benzene rings is 2. The number of para-hydroxylation sites is 1. The molecule has 5 nitrogen and oxygen atoms in total. The van der Waals surface area contributed by atoms with E-state index in [9.17, 15) is 0 Å². The summed E-state index contributed by atoms with van der Waals surface area (Å²) in [6.07, 6.45) is 2.01. The van der Waals surface area contributed by atoms with Crippen LogP contribution >= 0.6 is 23.1 Å². The molecule has 3 heterocycles. The van der Waals surface area contributed by atoms with Gasteiger partial charge in [0.25, 0.3) is 0 Å². The van der Waals surface area contributed by atoms with Gasteiger partial charge in [0.05, 0.1) is 5.75 Å². The third-order valence-electron chi connectivity index (χ3n) is 3.99. The van der Waals surface area contributed by atoms with Crippen LogP contribution in [0.4, 0.5) is 0 Å². The lowest BCUT2D eigenvalue weighted by Crippen LogP contribution is -1.93. The van der Waals surface area contributed by atoms with Crippen LogP contribution in [0.3, 0.4) is 0 Å². The van der Waals surface area contributed by atoms with Crippen LogP contribution in [0.1, 0.15) is 5.82 Å². The van der Waals surface area contributed by atoms with Crippen molar-refractivity contribution in [3.63, 3.8) is 0 Å². The topological polar surface area (TPSA) is 58.9 Å². The average Bonchev–Trinajstić information content (AvgIpc) is 3.34. The number of nitrogens with one attached hydrogen (secondary N) is 1. The van der Waals surface area contributed by atoms with Crippen molar-refractivity contribution in [1.29, 1.82) is 0 Å². The first-order valence-corrected chi connectivity index (χ1v) is 9.64. The van der Waals surface area contributed by atoms with E-state index in [0.717, 1.165) is 32.6 Å². The first-order chi connectivity index (χ1) is 12.4. The highest BCUT2D eigenvalue weighted by molar-refractivity contribution is 7.98. The molecule has 122 valence electrons. The Kier molecular flexibility index (Phi) is 3.53. The molecule has 0 saturated carbocycles. The van der Waals surface area contributed by atoms with Gasteiger partial charge >= 0.3 is 0 Å². The largest absolute Gasteiger partial charge is 0.360 e. The molecule has 25 heavy (non-hydrogen) atoms. The van der Waals surface area contributed by atoms with Gasteiger partial charge in [-0.1, -0.05) is 47.7 Å². The van der Waals surface area contributed by atoms with Crippen LogP contribution in [0.2, 0.25) is 0 Å². The SMILES string of the molecule is c1ccc(SCc2nnc3sc(-c4c[nH]c5ccccc45)nn23)cc1. The number of thioether (sulfide) groups is 1. The van der Waals surface area contributed by atoms with Crippen molar-refractivity contribution in [3.05, 3.63) is 66.6 Å². The summed E-state index contributed by atoms with van der Waals surface area (Å²) in [4.78, 5) is 5.34. The summed E-state index contributed by atoms with van der Waals surface area (Å²) in [6, 6.07) is 18.5. The molecule has 0 unspecified atom stereocenters. The van der Waals surface area contributed by atoms with Gasteiger partial charge in [-0.2, -0.15) is 9.61 Å². The third-order valence-corrected chi connectivity index (χ3v) is 5.93. The molecule has 0 fully saturated rings. The highest BCUT2D eigenvalue weighted by atomic mass is 32.2. The lowest BCUT2D eigenvalue weighted by Gasteiger charge is -1.98. The summed E-state index contributed by atoms with van der Waals surface area (Å²) in [5, 5.41) is 15.5. The second kappa shape index (κ2) is 6.02. The van der Waals surface area contributed by atoms with Gasteiger partial charge in [-0.05, 0) is 18.2 Å². The molecule has 5 rings (SSSR count). The summed E-state index contributed by atoms with van der Waals surface area (Å²) < 4.78 is 1.86. The molecule has 0 aliphatic rings. The number of rotatable bonds is 4. The second-order valence-corrected chi connectivity index (χ2v) is 7.57. The van der Waals surface area contributed by atoms with Crippen LogP contribution in [-0.4, -0.2) is 24.8 Å². The van der Waals surface area contributed by atoms with E-state index in [1.807, 2.05) is 41.0 Å². The highest BCUT2D eigenvalue weighted by Crippen LogP contribution is 2.32. The van der Waals surface area contributed by atoms with Crippen molar-refractivity contribution >= 4 is 39.0 Å². The molecular formula is C18H13N5S2. The van der Waals surface area contributed by atoms with Gasteiger partial charge in [0.1, 0.15) is 5.01 Å². The van der Waals surface area contributed by atoms with Crippen molar-refractivity contribution in [1.82, 2.24) is 24.8 Å². The van der Waals surface area contributed by atoms with Crippen LogP contribution < -0.4 is 0 Å². The van der Waals surface area contributed by atoms with Crippen LogP contribution in [-0.2, 0) is 5.75 Å². The van der Waals surface area contributed by atoms with Crippen LogP contribution in [0.25, 0.3) is 26.4 Å². The van der Waals surface area contributed by atoms with E-state index in [0.29, 0.717) is 0 Å². The molecule has 0 amide bonds. The fraction of sp³-hybridized carbons (Fsp3) is 0.0556. The normalized spacial score (nSPS) is 11.5. The molecule has 0 aliphatic carbocycles. The van der Waals surface area contributed by atoms with Crippen LogP contribution in [0.15, 0.2) is 65.7 Å². The fourth-order valence-electron chi connectivity index (χ4n) is 2.77. The summed E-state index contributed by atoms with van der Waals surface area (Å²) >= 11 is 3.30. The van der Waals surface area contributed by atoms with E-state index >= 15 is 0 Å². The first-order valence-electron chi connectivity index (χ1n) is 7.84. The van der Waals surface area contributed by atoms with E-state index in [4.69, 9.17) is 5.10 Å². The minimum atomic E-state index is 0.738. The molecule has 5 aromatic rings. The minimum absolute atomic E-state index is 0.738. The molecule has 0 aliphatic heterocycles. The zero-order valence-corrected chi connectivity index (χ0v) is 14.7. The summed E-state index contributed by atoms with van der Waals surface area (Å²) in [5.74, 6) is 1.61. The minimum Gasteiger partial charge on any atom is -0.360 e. The smallest absolute Gasteiger partial charge is 0.235 e. The number of H-pyrrole nitrogens is 1. The van der Waals surface area contributed by atoms with Gasteiger partial charge in [0.2, 0.25) is 4.96 Å². The Morgan fingerprint density at radius 1 is 1.00 bits per heavy atom. The Labute approximate surface area is 151 Å². The number of hydrogen-bond acceptors (Lipinski definition) is 5. The maximum absolute atomic E-state index is 4.75. The van der Waals surface area contributed by atoms with Crippen molar-refractivity contribution in [2.75, 3.05) is 0 Å². The summed E-state index contributed by atoms with van der Waals surface area (Å²) in [6.45, 7) is 0. The standard InChI is InChI=1S/C18H13N5S2/c1-2-6-12(7-3-1)24-11-16-20-21-18-23(16)22-17(25-18)14-10-19-15-9-5-4-8-13(14)15/h1-10,19H,11H2. The van der Waals surface area contributed by atoms with E-state index in [2.05, 4.69) is 39.4 Å². The Hall–Kier alpha value is -2.64. The lowest BCUT2D eigenvalue weighted by atomic mass is 10.2. The molecule has 1 N–H and O–H groups in total.